The van der Waals surface area contributed by atoms with Gasteiger partial charge in [-0.05, 0) is 12.5 Å². The lowest BCUT2D eigenvalue weighted by atomic mass is 10.1. The topological polar surface area (TPSA) is 81.6 Å². The minimum atomic E-state index is -0.433. The minimum Gasteiger partial charge on any atom is -0.397 e. The highest BCUT2D eigenvalue weighted by atomic mass is 16.6. The molecule has 0 aliphatic carbocycles. The summed E-state index contributed by atoms with van der Waals surface area (Å²) in [7, 11) is 1.70. The molecule has 1 heterocycles. The van der Waals surface area contributed by atoms with Crippen LogP contribution in [0.1, 0.15) is 6.42 Å². The van der Waals surface area contributed by atoms with Crippen LogP contribution >= 0.6 is 0 Å². The quantitative estimate of drug-likeness (QED) is 0.500. The fourth-order valence-electron chi connectivity index (χ4n) is 2.37. The Morgan fingerprint density at radius 2 is 2.39 bits per heavy atom. The van der Waals surface area contributed by atoms with Gasteiger partial charge in [0.05, 0.1) is 22.9 Å². The molecule has 2 rings (SSSR count). The Bertz CT molecular complexity index is 450. The van der Waals surface area contributed by atoms with Crippen LogP contribution in [0.15, 0.2) is 18.2 Å². The summed E-state index contributed by atoms with van der Waals surface area (Å²) in [6.45, 7) is 2.54. The smallest absolute Gasteiger partial charge is 0.271 e. The maximum Gasteiger partial charge on any atom is 0.271 e. The molecule has 1 atom stereocenters. The number of nitrogens with zero attached hydrogens (tertiary/aromatic N) is 2. The molecule has 0 amide bonds. The average molecular weight is 251 g/mol. The van der Waals surface area contributed by atoms with Crippen molar-refractivity contribution in [2.75, 3.05) is 37.4 Å². The molecule has 6 heteroatoms. The number of methoxy groups -OCH3 is 1. The third-order valence-corrected chi connectivity index (χ3v) is 3.25. The van der Waals surface area contributed by atoms with E-state index in [4.69, 9.17) is 10.5 Å². The molecule has 2 N–H and O–H groups in total. The van der Waals surface area contributed by atoms with Gasteiger partial charge in [-0.1, -0.05) is 0 Å². The van der Waals surface area contributed by atoms with E-state index in [9.17, 15) is 10.1 Å². The lowest BCUT2D eigenvalue weighted by Crippen LogP contribution is -2.22. The van der Waals surface area contributed by atoms with Gasteiger partial charge in [0.1, 0.15) is 0 Å². The van der Waals surface area contributed by atoms with E-state index < -0.39 is 4.92 Å². The molecule has 1 aliphatic rings. The molecule has 1 aliphatic heterocycles. The second kappa shape index (κ2) is 5.22. The number of nitro benzene ring substituents is 1. The highest BCUT2D eigenvalue weighted by molar-refractivity contribution is 5.71. The minimum absolute atomic E-state index is 0.0314. The molecule has 18 heavy (non-hydrogen) atoms. The number of nitro groups is 1. The van der Waals surface area contributed by atoms with Gasteiger partial charge in [0.25, 0.3) is 5.69 Å². The number of rotatable bonds is 4. The van der Waals surface area contributed by atoms with E-state index in [2.05, 4.69) is 4.90 Å². The number of non-ortho nitro benzene ring substituents is 1. The Morgan fingerprint density at radius 1 is 1.61 bits per heavy atom. The maximum atomic E-state index is 10.6. The molecule has 1 aromatic carbocycles. The zero-order chi connectivity index (χ0) is 13.1. The van der Waals surface area contributed by atoms with Crippen molar-refractivity contribution < 1.29 is 9.66 Å². The average Bonchev–Trinajstić information content (AvgIpc) is 2.77. The van der Waals surface area contributed by atoms with Gasteiger partial charge in [-0.2, -0.15) is 0 Å². The summed E-state index contributed by atoms with van der Waals surface area (Å²) >= 11 is 0. The molecular formula is C12H17N3O3. The van der Waals surface area contributed by atoms with Gasteiger partial charge in [0.2, 0.25) is 0 Å². The van der Waals surface area contributed by atoms with E-state index in [1.54, 1.807) is 13.2 Å². The van der Waals surface area contributed by atoms with Crippen LogP contribution in [-0.4, -0.2) is 31.7 Å². The van der Waals surface area contributed by atoms with Crippen molar-refractivity contribution in [1.29, 1.82) is 0 Å². The summed E-state index contributed by atoms with van der Waals surface area (Å²) in [4.78, 5) is 12.4. The van der Waals surface area contributed by atoms with Gasteiger partial charge in [-0.25, -0.2) is 0 Å². The Kier molecular flexibility index (Phi) is 3.66. The van der Waals surface area contributed by atoms with E-state index >= 15 is 0 Å². The van der Waals surface area contributed by atoms with Crippen molar-refractivity contribution in [1.82, 2.24) is 0 Å². The van der Waals surface area contributed by atoms with Gasteiger partial charge < -0.3 is 15.4 Å². The normalized spacial score (nSPS) is 19.2. The Labute approximate surface area is 105 Å². The highest BCUT2D eigenvalue weighted by Gasteiger charge is 2.24. The van der Waals surface area contributed by atoms with Crippen molar-refractivity contribution in [3.05, 3.63) is 28.3 Å². The number of ether oxygens (including phenoxy) is 1. The standard InChI is InChI=1S/C12H17N3O3/c1-18-8-9-4-5-14(7-9)12-3-2-10(15(16)17)6-11(12)13/h2-3,6,9H,4-5,7-8,13H2,1H3. The van der Waals surface area contributed by atoms with Gasteiger partial charge in [-0.15, -0.1) is 0 Å². The van der Waals surface area contributed by atoms with Gasteiger partial charge >= 0.3 is 0 Å². The van der Waals surface area contributed by atoms with E-state index in [0.29, 0.717) is 11.6 Å². The van der Waals surface area contributed by atoms with Crippen LogP contribution < -0.4 is 10.6 Å². The second-order valence-corrected chi connectivity index (χ2v) is 4.56. The fourth-order valence-corrected chi connectivity index (χ4v) is 2.37. The van der Waals surface area contributed by atoms with Gasteiger partial charge in [-0.3, -0.25) is 10.1 Å². The molecule has 1 aromatic rings. The molecule has 0 radical (unpaired) electrons. The lowest BCUT2D eigenvalue weighted by molar-refractivity contribution is -0.384. The van der Waals surface area contributed by atoms with Crippen LogP contribution in [0.4, 0.5) is 17.1 Å². The molecule has 0 bridgehead atoms. The fraction of sp³-hybridized carbons (Fsp3) is 0.500. The summed E-state index contributed by atoms with van der Waals surface area (Å²) < 4.78 is 5.14. The Hall–Kier alpha value is -1.82. The molecule has 0 spiro atoms. The Morgan fingerprint density at radius 3 is 3.00 bits per heavy atom. The first-order valence-corrected chi connectivity index (χ1v) is 5.89. The number of nitrogens with two attached hydrogens (primary N) is 1. The molecule has 0 aromatic heterocycles. The third kappa shape index (κ3) is 2.53. The van der Waals surface area contributed by atoms with Crippen molar-refractivity contribution in [3.63, 3.8) is 0 Å². The van der Waals surface area contributed by atoms with Crippen LogP contribution in [-0.2, 0) is 4.74 Å². The first kappa shape index (κ1) is 12.6. The van der Waals surface area contributed by atoms with Crippen LogP contribution in [0.2, 0.25) is 0 Å². The predicted octanol–water partition coefficient (Wildman–Crippen LogP) is 1.65. The summed E-state index contributed by atoms with van der Waals surface area (Å²) in [5, 5.41) is 10.6. The summed E-state index contributed by atoms with van der Waals surface area (Å²) in [6, 6.07) is 4.64. The molecule has 6 nitrogen and oxygen atoms in total. The van der Waals surface area contributed by atoms with E-state index in [-0.39, 0.29) is 5.69 Å². The molecular weight excluding hydrogens is 234 g/mol. The number of hydrogen-bond acceptors (Lipinski definition) is 5. The van der Waals surface area contributed by atoms with Crippen LogP contribution in [0.5, 0.6) is 0 Å². The van der Waals surface area contributed by atoms with E-state index in [1.165, 1.54) is 12.1 Å². The first-order valence-electron chi connectivity index (χ1n) is 5.89. The van der Waals surface area contributed by atoms with Crippen LogP contribution in [0, 0.1) is 16.0 Å². The van der Waals surface area contributed by atoms with E-state index in [0.717, 1.165) is 31.8 Å². The molecule has 98 valence electrons. The third-order valence-electron chi connectivity index (χ3n) is 3.25. The Balaban J connectivity index is 2.12. The summed E-state index contributed by atoms with van der Waals surface area (Å²) in [6.07, 6.45) is 1.06. The van der Waals surface area contributed by atoms with Crippen molar-refractivity contribution in [2.45, 2.75) is 6.42 Å². The number of benzene rings is 1. The maximum absolute atomic E-state index is 10.6. The zero-order valence-corrected chi connectivity index (χ0v) is 10.3. The van der Waals surface area contributed by atoms with Crippen LogP contribution in [0.25, 0.3) is 0 Å². The molecule has 1 saturated heterocycles. The lowest BCUT2D eigenvalue weighted by Gasteiger charge is -2.20. The molecule has 1 unspecified atom stereocenters. The van der Waals surface area contributed by atoms with E-state index in [1.807, 2.05) is 0 Å². The number of nitrogen functional groups attached to an aromatic ring is 1. The highest BCUT2D eigenvalue weighted by Crippen LogP contribution is 2.31. The summed E-state index contributed by atoms with van der Waals surface area (Å²) in [5.41, 5.74) is 7.25. The monoisotopic (exact) mass is 251 g/mol. The zero-order valence-electron chi connectivity index (χ0n) is 10.3. The van der Waals surface area contributed by atoms with Crippen LogP contribution in [0.3, 0.4) is 0 Å². The predicted molar refractivity (Wildman–Crippen MR) is 69.7 cm³/mol. The van der Waals surface area contributed by atoms with Crippen molar-refractivity contribution in [3.8, 4) is 0 Å². The van der Waals surface area contributed by atoms with Crippen molar-refractivity contribution >= 4 is 17.1 Å². The number of anilines is 2. The van der Waals surface area contributed by atoms with Gasteiger partial charge in [0.15, 0.2) is 0 Å². The second-order valence-electron chi connectivity index (χ2n) is 4.56. The number of hydrogen-bond donors (Lipinski definition) is 1. The largest absolute Gasteiger partial charge is 0.397 e. The van der Waals surface area contributed by atoms with Crippen molar-refractivity contribution in [2.24, 2.45) is 5.92 Å². The molecule has 0 saturated carbocycles. The first-order chi connectivity index (χ1) is 8.61. The SMILES string of the molecule is COCC1CCN(c2ccc([N+](=O)[O-])cc2N)C1. The van der Waals surface area contributed by atoms with Gasteiger partial charge in [0, 0.05) is 38.2 Å². The molecule has 1 fully saturated rings. The summed E-state index contributed by atoms with van der Waals surface area (Å²) in [5.74, 6) is 0.504.